The maximum Gasteiger partial charge on any atom is 0.397 e. The third-order valence-electron chi connectivity index (χ3n) is 6.01. The lowest BCUT2D eigenvalue weighted by Crippen LogP contribution is -2.60. The van der Waals surface area contributed by atoms with Crippen molar-refractivity contribution in [1.29, 1.82) is 0 Å². The molecule has 2 aliphatic heterocycles. The topological polar surface area (TPSA) is 192 Å². The Morgan fingerprint density at radius 3 is 2.53 bits per heavy atom. The fourth-order valence-corrected chi connectivity index (χ4v) is 4.63. The van der Waals surface area contributed by atoms with Gasteiger partial charge in [-0.1, -0.05) is 13.0 Å². The third-order valence-corrected chi connectivity index (χ3v) is 6.44. The van der Waals surface area contributed by atoms with Crippen molar-refractivity contribution >= 4 is 21.2 Å². The zero-order valence-corrected chi connectivity index (χ0v) is 19.1. The molecular weight excluding hydrogens is 476 g/mol. The lowest BCUT2D eigenvalue weighted by atomic mass is 9.90. The van der Waals surface area contributed by atoms with Crippen LogP contribution in [-0.2, 0) is 25.9 Å². The molecule has 12 nitrogen and oxygen atoms in total. The maximum atomic E-state index is 11.1. The largest absolute Gasteiger partial charge is 0.504 e. The van der Waals surface area contributed by atoms with Crippen LogP contribution in [-0.4, -0.2) is 82.4 Å². The summed E-state index contributed by atoms with van der Waals surface area (Å²) in [6.07, 6.45) is -8.56. The van der Waals surface area contributed by atoms with E-state index in [1.165, 1.54) is 0 Å². The molecule has 0 saturated carbocycles. The molecule has 0 bridgehead atoms. The van der Waals surface area contributed by atoms with E-state index in [1.807, 2.05) is 19.1 Å². The van der Waals surface area contributed by atoms with Gasteiger partial charge in [-0.15, -0.1) is 0 Å². The van der Waals surface area contributed by atoms with Crippen molar-refractivity contribution in [3.05, 3.63) is 28.8 Å². The number of hydrogen-bond acceptors (Lipinski definition) is 11. The van der Waals surface area contributed by atoms with Crippen LogP contribution >= 0.6 is 0 Å². The third kappa shape index (κ3) is 4.41. The van der Waals surface area contributed by atoms with Crippen LogP contribution in [0.3, 0.4) is 0 Å². The molecule has 2 aromatic carbocycles. The van der Waals surface area contributed by atoms with Crippen molar-refractivity contribution in [2.75, 3.05) is 13.2 Å². The van der Waals surface area contributed by atoms with E-state index in [-0.39, 0.29) is 24.7 Å². The maximum absolute atomic E-state index is 11.1. The van der Waals surface area contributed by atoms with Crippen LogP contribution in [0.2, 0.25) is 0 Å². The number of phenolic OH excluding ortho intramolecular Hbond substituents is 1. The van der Waals surface area contributed by atoms with Crippen LogP contribution in [0.5, 0.6) is 17.2 Å². The standard InChI is InChI=1S/C21H26O12S/c1-8-3-10-14(9(2)5-22)17(24)20(11-6-30-12(4-8)15(10)11)33-21-19(26)18(25)16(23)13(32-21)7-31-34(27,28)29/h3-4,9,13,16,18-19,21-26H,5-7H2,1-2H3,(H,27,28,29). The summed E-state index contributed by atoms with van der Waals surface area (Å²) >= 11 is 0. The average Bonchev–Trinajstić information content (AvgIpc) is 3.18. The number of aryl methyl sites for hydroxylation is 1. The Hall–Kier alpha value is -2.23. The SMILES string of the molecule is Cc1cc2c3c(c(OC4OC(COS(=O)(=O)O)C(O)C(O)C4O)c(O)c(C(C)CO)c3c1)CO2. The fourth-order valence-electron chi connectivity index (χ4n) is 4.32. The first-order chi connectivity index (χ1) is 15.9. The molecule has 6 unspecified atom stereocenters. The second kappa shape index (κ2) is 9.09. The molecule has 6 N–H and O–H groups in total. The van der Waals surface area contributed by atoms with Crippen molar-refractivity contribution < 1.29 is 56.9 Å². The van der Waals surface area contributed by atoms with Crippen molar-refractivity contribution in [1.82, 2.24) is 0 Å². The molecule has 1 saturated heterocycles. The minimum atomic E-state index is -4.87. The Labute approximate surface area is 194 Å². The van der Waals surface area contributed by atoms with Crippen molar-refractivity contribution in [2.24, 2.45) is 0 Å². The molecule has 0 aliphatic carbocycles. The Balaban J connectivity index is 1.76. The van der Waals surface area contributed by atoms with Crippen molar-refractivity contribution in [3.63, 3.8) is 0 Å². The van der Waals surface area contributed by atoms with Crippen LogP contribution in [0, 0.1) is 6.92 Å². The van der Waals surface area contributed by atoms with Gasteiger partial charge in [-0.05, 0) is 23.9 Å². The zero-order valence-electron chi connectivity index (χ0n) is 18.3. The first kappa shape index (κ1) is 24.9. The molecule has 2 aromatic rings. The molecule has 188 valence electrons. The minimum Gasteiger partial charge on any atom is -0.504 e. The summed E-state index contributed by atoms with van der Waals surface area (Å²) < 4.78 is 51.8. The van der Waals surface area contributed by atoms with E-state index >= 15 is 0 Å². The molecule has 0 aromatic heterocycles. The van der Waals surface area contributed by atoms with Gasteiger partial charge in [-0.25, -0.2) is 4.18 Å². The summed E-state index contributed by atoms with van der Waals surface area (Å²) in [5.41, 5.74) is 1.70. The number of benzene rings is 2. The molecule has 13 heteroatoms. The first-order valence-electron chi connectivity index (χ1n) is 10.5. The molecule has 0 amide bonds. The van der Waals surface area contributed by atoms with E-state index in [0.717, 1.165) is 5.56 Å². The predicted octanol–water partition coefficient (Wildman–Crippen LogP) is -0.152. The summed E-state index contributed by atoms with van der Waals surface area (Å²) in [6, 6.07) is 3.65. The van der Waals surface area contributed by atoms with E-state index in [1.54, 1.807) is 6.92 Å². The minimum absolute atomic E-state index is 0.0231. The second-order valence-electron chi connectivity index (χ2n) is 8.47. The lowest BCUT2D eigenvalue weighted by molar-refractivity contribution is -0.276. The van der Waals surface area contributed by atoms with Gasteiger partial charge in [0.15, 0.2) is 11.5 Å². The van der Waals surface area contributed by atoms with E-state index in [4.69, 9.17) is 18.8 Å². The van der Waals surface area contributed by atoms with Gasteiger partial charge in [0.05, 0.1) is 6.61 Å². The smallest absolute Gasteiger partial charge is 0.397 e. The summed E-state index contributed by atoms with van der Waals surface area (Å²) in [4.78, 5) is 0. The average molecular weight is 502 g/mol. The van der Waals surface area contributed by atoms with Crippen molar-refractivity contribution in [3.8, 4) is 17.2 Å². The van der Waals surface area contributed by atoms with Gasteiger partial charge in [-0.2, -0.15) is 8.42 Å². The van der Waals surface area contributed by atoms with E-state index in [2.05, 4.69) is 4.18 Å². The van der Waals surface area contributed by atoms with Gasteiger partial charge < -0.3 is 39.7 Å². The van der Waals surface area contributed by atoms with Gasteiger partial charge in [0, 0.05) is 29.0 Å². The number of aliphatic hydroxyl groups excluding tert-OH is 4. The number of hydrogen-bond donors (Lipinski definition) is 6. The molecular formula is C21H26O12S. The summed E-state index contributed by atoms with van der Waals surface area (Å²) in [5, 5.41) is 53.0. The predicted molar refractivity (Wildman–Crippen MR) is 115 cm³/mol. The molecule has 6 atom stereocenters. The lowest BCUT2D eigenvalue weighted by Gasteiger charge is -2.40. The van der Waals surface area contributed by atoms with E-state index < -0.39 is 53.6 Å². The molecule has 2 heterocycles. The highest BCUT2D eigenvalue weighted by molar-refractivity contribution is 7.80. The summed E-state index contributed by atoms with van der Waals surface area (Å²) in [6.45, 7) is 2.43. The van der Waals surface area contributed by atoms with E-state index in [9.17, 15) is 34.0 Å². The molecule has 4 rings (SSSR count). The van der Waals surface area contributed by atoms with Gasteiger partial charge >= 0.3 is 10.4 Å². The number of aromatic hydroxyl groups is 1. The molecule has 1 fully saturated rings. The summed E-state index contributed by atoms with van der Waals surface area (Å²) in [5.74, 6) is -0.408. The molecule has 34 heavy (non-hydrogen) atoms. The van der Waals surface area contributed by atoms with Crippen LogP contribution in [0.1, 0.15) is 29.5 Å². The highest BCUT2D eigenvalue weighted by atomic mass is 32.3. The van der Waals surface area contributed by atoms with Gasteiger partial charge in [0.2, 0.25) is 6.29 Å². The summed E-state index contributed by atoms with van der Waals surface area (Å²) in [7, 11) is -4.87. The Kier molecular flexibility index (Phi) is 6.65. The highest BCUT2D eigenvalue weighted by Gasteiger charge is 2.46. The van der Waals surface area contributed by atoms with E-state index in [0.29, 0.717) is 27.6 Å². The van der Waals surface area contributed by atoms with Crippen LogP contribution in [0.25, 0.3) is 10.8 Å². The van der Waals surface area contributed by atoms with Crippen LogP contribution in [0.4, 0.5) is 0 Å². The quantitative estimate of drug-likeness (QED) is 0.275. The monoisotopic (exact) mass is 502 g/mol. The van der Waals surface area contributed by atoms with Gasteiger partial charge in [-0.3, -0.25) is 4.55 Å². The molecule has 0 spiro atoms. The number of phenols is 1. The van der Waals surface area contributed by atoms with Crippen LogP contribution < -0.4 is 9.47 Å². The Morgan fingerprint density at radius 2 is 1.88 bits per heavy atom. The normalized spacial score (nSPS) is 27.6. The second-order valence-corrected chi connectivity index (χ2v) is 9.56. The van der Waals surface area contributed by atoms with Crippen LogP contribution in [0.15, 0.2) is 12.1 Å². The number of rotatable bonds is 7. The van der Waals surface area contributed by atoms with Crippen molar-refractivity contribution in [2.45, 2.75) is 57.1 Å². The Morgan fingerprint density at radius 1 is 1.18 bits per heavy atom. The number of ether oxygens (including phenoxy) is 3. The zero-order chi connectivity index (χ0) is 24.9. The van der Waals surface area contributed by atoms with Gasteiger partial charge in [0.1, 0.15) is 36.8 Å². The Bertz CT molecular complexity index is 1200. The van der Waals surface area contributed by atoms with Gasteiger partial charge in [0.25, 0.3) is 0 Å². The molecule has 0 radical (unpaired) electrons. The highest BCUT2D eigenvalue weighted by Crippen LogP contribution is 2.50. The number of aliphatic hydroxyl groups is 4. The fraction of sp³-hybridized carbons (Fsp3) is 0.524. The first-order valence-corrected chi connectivity index (χ1v) is 11.8. The molecule has 2 aliphatic rings.